The molecule has 4 rings (SSSR count). The van der Waals surface area contributed by atoms with Crippen LogP contribution in [0, 0.1) is 0 Å². The van der Waals surface area contributed by atoms with Gasteiger partial charge in [-0.15, -0.1) is 0 Å². The highest BCUT2D eigenvalue weighted by atomic mass is 32.1. The second kappa shape index (κ2) is 5.96. The summed E-state index contributed by atoms with van der Waals surface area (Å²) in [5, 5.41) is 4.22. The van der Waals surface area contributed by atoms with E-state index in [1.807, 2.05) is 18.3 Å². The van der Waals surface area contributed by atoms with Crippen LogP contribution < -0.4 is 5.32 Å². The van der Waals surface area contributed by atoms with E-state index in [4.69, 9.17) is 12.2 Å². The van der Waals surface area contributed by atoms with Gasteiger partial charge in [-0.05, 0) is 48.8 Å². The molecule has 1 aliphatic carbocycles. The first-order chi connectivity index (χ1) is 11.2. The monoisotopic (exact) mass is 326 g/mol. The first-order valence-electron chi connectivity index (χ1n) is 8.35. The molecule has 0 bridgehead atoms. The fraction of sp³-hybridized carbons (Fsp3) is 0.444. The van der Waals surface area contributed by atoms with Crippen LogP contribution >= 0.6 is 12.2 Å². The van der Waals surface area contributed by atoms with Gasteiger partial charge in [-0.25, -0.2) is 0 Å². The van der Waals surface area contributed by atoms with Crippen molar-refractivity contribution in [3.05, 3.63) is 54.1 Å². The number of nitrogens with one attached hydrogen (secondary N) is 1. The topological polar surface area (TPSA) is 33.1 Å². The van der Waals surface area contributed by atoms with Crippen LogP contribution in [0.15, 0.2) is 42.9 Å². The summed E-state index contributed by atoms with van der Waals surface area (Å²) < 4.78 is 2.40. The number of likely N-dealkylation sites (N-methyl/N-ethyl adjacent to an activating group) is 1. The predicted molar refractivity (Wildman–Crippen MR) is 95.2 cm³/mol. The van der Waals surface area contributed by atoms with E-state index in [1.165, 1.54) is 31.2 Å². The number of hydrogen-bond acceptors (Lipinski definition) is 2. The fourth-order valence-electron chi connectivity index (χ4n) is 3.91. The van der Waals surface area contributed by atoms with E-state index >= 15 is 0 Å². The SMILES string of the molecule is CN1C(=S)N[C@H](c2ccccn2)[C@H]1c1ccn(C2CCCC2)c1. The number of nitrogens with zero attached hydrogens (tertiary/aromatic N) is 3. The van der Waals surface area contributed by atoms with Crippen LogP contribution in [0.5, 0.6) is 0 Å². The van der Waals surface area contributed by atoms with Crippen LogP contribution in [-0.4, -0.2) is 26.6 Å². The van der Waals surface area contributed by atoms with E-state index in [9.17, 15) is 0 Å². The molecule has 1 aliphatic heterocycles. The van der Waals surface area contributed by atoms with Crippen molar-refractivity contribution in [3.8, 4) is 0 Å². The Labute approximate surface area is 142 Å². The van der Waals surface area contributed by atoms with Gasteiger partial charge < -0.3 is 14.8 Å². The highest BCUT2D eigenvalue weighted by Gasteiger charge is 2.38. The van der Waals surface area contributed by atoms with E-state index in [0.717, 1.165) is 10.8 Å². The molecule has 0 amide bonds. The minimum Gasteiger partial charge on any atom is -0.352 e. The zero-order chi connectivity index (χ0) is 15.8. The molecule has 0 spiro atoms. The highest BCUT2D eigenvalue weighted by molar-refractivity contribution is 7.80. The van der Waals surface area contributed by atoms with Crippen LogP contribution in [-0.2, 0) is 0 Å². The third-order valence-corrected chi connectivity index (χ3v) is 5.57. The van der Waals surface area contributed by atoms with Gasteiger partial charge in [0.2, 0.25) is 0 Å². The summed E-state index contributed by atoms with van der Waals surface area (Å²) in [4.78, 5) is 6.69. The van der Waals surface area contributed by atoms with Gasteiger partial charge in [0.1, 0.15) is 0 Å². The summed E-state index contributed by atoms with van der Waals surface area (Å²) >= 11 is 5.49. The van der Waals surface area contributed by atoms with E-state index in [0.29, 0.717) is 6.04 Å². The van der Waals surface area contributed by atoms with Gasteiger partial charge in [0, 0.05) is 31.7 Å². The Balaban J connectivity index is 1.66. The van der Waals surface area contributed by atoms with Crippen molar-refractivity contribution in [2.75, 3.05) is 7.05 Å². The summed E-state index contributed by atoms with van der Waals surface area (Å²) in [6.45, 7) is 0. The van der Waals surface area contributed by atoms with E-state index in [1.54, 1.807) is 0 Å². The summed E-state index contributed by atoms with van der Waals surface area (Å²) in [5.74, 6) is 0. The maximum absolute atomic E-state index is 5.49. The third-order valence-electron chi connectivity index (χ3n) is 5.16. The molecule has 2 fully saturated rings. The standard InChI is InChI=1S/C18H22N4S/c1-21-17(13-9-11-22(12-13)14-6-2-3-7-14)16(20-18(21)23)15-8-4-5-10-19-15/h4-5,8-12,14,16-17H,2-3,6-7H2,1H3,(H,20,23)/t16-,17-/m1/s1. The Bertz CT molecular complexity index is 690. The summed E-state index contributed by atoms with van der Waals surface area (Å²) in [7, 11) is 2.07. The van der Waals surface area contributed by atoms with Crippen molar-refractivity contribution in [2.24, 2.45) is 0 Å². The Morgan fingerprint density at radius 2 is 2.04 bits per heavy atom. The molecule has 4 nitrogen and oxygen atoms in total. The summed E-state index contributed by atoms with van der Waals surface area (Å²) in [6, 6.07) is 9.26. The van der Waals surface area contributed by atoms with Gasteiger partial charge in [-0.2, -0.15) is 0 Å². The number of pyridine rings is 1. The second-order valence-electron chi connectivity index (χ2n) is 6.57. The number of rotatable bonds is 3. The lowest BCUT2D eigenvalue weighted by atomic mass is 9.99. The molecule has 0 aromatic carbocycles. The first-order valence-corrected chi connectivity index (χ1v) is 8.76. The van der Waals surface area contributed by atoms with Gasteiger partial charge in [0.15, 0.2) is 5.11 Å². The Morgan fingerprint density at radius 1 is 1.22 bits per heavy atom. The number of hydrogen-bond donors (Lipinski definition) is 1. The smallest absolute Gasteiger partial charge is 0.169 e. The van der Waals surface area contributed by atoms with Crippen LogP contribution in [0.2, 0.25) is 0 Å². The molecular weight excluding hydrogens is 304 g/mol. The van der Waals surface area contributed by atoms with Gasteiger partial charge in [0.05, 0.1) is 17.8 Å². The molecule has 1 saturated heterocycles. The molecule has 5 heteroatoms. The van der Waals surface area contributed by atoms with E-state index in [2.05, 4.69) is 51.3 Å². The lowest BCUT2D eigenvalue weighted by molar-refractivity contribution is 0.367. The maximum Gasteiger partial charge on any atom is 0.169 e. The molecule has 0 unspecified atom stereocenters. The largest absolute Gasteiger partial charge is 0.352 e. The van der Waals surface area contributed by atoms with Gasteiger partial charge >= 0.3 is 0 Å². The average molecular weight is 326 g/mol. The van der Waals surface area contributed by atoms with Crippen LogP contribution in [0.4, 0.5) is 0 Å². The Morgan fingerprint density at radius 3 is 2.78 bits per heavy atom. The van der Waals surface area contributed by atoms with Crippen molar-refractivity contribution < 1.29 is 0 Å². The minimum atomic E-state index is 0.105. The second-order valence-corrected chi connectivity index (χ2v) is 6.95. The molecule has 2 aliphatic rings. The molecular formula is C18H22N4S. The fourth-order valence-corrected chi connectivity index (χ4v) is 4.15. The molecule has 2 aromatic rings. The van der Waals surface area contributed by atoms with Gasteiger partial charge in [-0.3, -0.25) is 4.98 Å². The summed E-state index contributed by atoms with van der Waals surface area (Å²) in [5.41, 5.74) is 2.35. The molecule has 0 radical (unpaired) electrons. The average Bonchev–Trinajstić information content (AvgIpc) is 3.29. The van der Waals surface area contributed by atoms with Crippen LogP contribution in [0.25, 0.3) is 0 Å². The quantitative estimate of drug-likeness (QED) is 0.874. The van der Waals surface area contributed by atoms with Crippen molar-refractivity contribution in [2.45, 2.75) is 43.8 Å². The Kier molecular flexibility index (Phi) is 3.81. The zero-order valence-electron chi connectivity index (χ0n) is 13.4. The third kappa shape index (κ3) is 2.63. The molecule has 1 N–H and O–H groups in total. The zero-order valence-corrected chi connectivity index (χ0v) is 14.2. The Hall–Kier alpha value is -1.88. The van der Waals surface area contributed by atoms with Crippen molar-refractivity contribution in [1.82, 2.24) is 19.8 Å². The van der Waals surface area contributed by atoms with Crippen molar-refractivity contribution in [3.63, 3.8) is 0 Å². The normalized spacial score (nSPS) is 25.1. The van der Waals surface area contributed by atoms with Crippen LogP contribution in [0.1, 0.15) is 55.1 Å². The highest BCUT2D eigenvalue weighted by Crippen LogP contribution is 2.38. The minimum absolute atomic E-state index is 0.105. The molecule has 120 valence electrons. The van der Waals surface area contributed by atoms with E-state index in [-0.39, 0.29) is 12.1 Å². The predicted octanol–water partition coefficient (Wildman–Crippen LogP) is 3.60. The molecule has 3 heterocycles. The lowest BCUT2D eigenvalue weighted by Crippen LogP contribution is -2.24. The molecule has 2 atom stereocenters. The molecule has 2 aromatic heterocycles. The van der Waals surface area contributed by atoms with Gasteiger partial charge in [0.25, 0.3) is 0 Å². The first kappa shape index (κ1) is 14.7. The van der Waals surface area contributed by atoms with Gasteiger partial charge in [-0.1, -0.05) is 18.9 Å². The molecule has 23 heavy (non-hydrogen) atoms. The molecule has 1 saturated carbocycles. The maximum atomic E-state index is 5.49. The van der Waals surface area contributed by atoms with Crippen LogP contribution in [0.3, 0.4) is 0 Å². The number of aromatic nitrogens is 2. The van der Waals surface area contributed by atoms with E-state index < -0.39 is 0 Å². The van der Waals surface area contributed by atoms with Crippen molar-refractivity contribution >= 4 is 17.3 Å². The lowest BCUT2D eigenvalue weighted by Gasteiger charge is -2.23. The van der Waals surface area contributed by atoms with Crippen molar-refractivity contribution in [1.29, 1.82) is 0 Å². The summed E-state index contributed by atoms with van der Waals surface area (Å²) in [6.07, 6.45) is 11.7. The number of thiocarbonyl (C=S) groups is 1.